The van der Waals surface area contributed by atoms with Gasteiger partial charge >= 0.3 is 0 Å². The van der Waals surface area contributed by atoms with Crippen molar-refractivity contribution in [2.24, 2.45) is 17.3 Å². The molecule has 3 N–H and O–H groups in total. The number of epoxide rings is 1. The highest BCUT2D eigenvalue weighted by atomic mass is 32.1. The number of Topliss-reactive ketones (excluding diaryl/α,β-unsaturated/α-hetero) is 1. The first-order valence-electron chi connectivity index (χ1n) is 13.5. The fourth-order valence-corrected chi connectivity index (χ4v) is 5.91. The summed E-state index contributed by atoms with van der Waals surface area (Å²) in [5, 5.41) is 28.2. The van der Waals surface area contributed by atoms with E-state index in [9.17, 15) is 19.8 Å². The number of fused-ring (bicyclic) bond motifs is 1. The van der Waals surface area contributed by atoms with Crippen LogP contribution in [0.1, 0.15) is 83.3 Å². The van der Waals surface area contributed by atoms with Crippen LogP contribution < -0.4 is 5.32 Å². The van der Waals surface area contributed by atoms with E-state index in [4.69, 9.17) is 4.74 Å². The minimum absolute atomic E-state index is 0.0102. The second-order valence-electron chi connectivity index (χ2n) is 11.6. The first kappa shape index (κ1) is 29.7. The topological polar surface area (TPSA) is 112 Å². The van der Waals surface area contributed by atoms with Crippen molar-refractivity contribution in [3.05, 3.63) is 34.8 Å². The number of thiazole rings is 1. The van der Waals surface area contributed by atoms with Crippen molar-refractivity contribution in [3.8, 4) is 0 Å². The van der Waals surface area contributed by atoms with Gasteiger partial charge in [-0.2, -0.15) is 0 Å². The van der Waals surface area contributed by atoms with E-state index in [0.717, 1.165) is 30.0 Å². The molecule has 2 fully saturated rings. The molecule has 0 aliphatic carbocycles. The zero-order valence-electron chi connectivity index (χ0n) is 22.9. The van der Waals surface area contributed by atoms with E-state index in [2.05, 4.69) is 23.8 Å². The molecule has 1 amide bonds. The van der Waals surface area contributed by atoms with E-state index in [1.165, 1.54) is 0 Å². The zero-order valence-corrected chi connectivity index (χ0v) is 23.7. The summed E-state index contributed by atoms with van der Waals surface area (Å²) in [6.07, 6.45) is 7.53. The first-order chi connectivity index (χ1) is 17.4. The summed E-state index contributed by atoms with van der Waals surface area (Å²) in [4.78, 5) is 31.2. The molecule has 1 aromatic heterocycles. The van der Waals surface area contributed by atoms with E-state index in [1.807, 2.05) is 31.4 Å². The summed E-state index contributed by atoms with van der Waals surface area (Å²) in [7, 11) is 0. The average Bonchev–Trinajstić information content (AvgIpc) is 3.26. The Labute approximate surface area is 225 Å². The molecule has 1 aromatic rings. The van der Waals surface area contributed by atoms with E-state index in [0.29, 0.717) is 19.3 Å². The third-order valence-corrected chi connectivity index (χ3v) is 8.97. The maximum absolute atomic E-state index is 13.7. The van der Waals surface area contributed by atoms with E-state index in [-0.39, 0.29) is 41.8 Å². The van der Waals surface area contributed by atoms with Crippen LogP contribution in [-0.4, -0.2) is 56.8 Å². The lowest BCUT2D eigenvalue weighted by Gasteiger charge is -2.36. The van der Waals surface area contributed by atoms with Crippen LogP contribution in [0.2, 0.25) is 0 Å². The standard InChI is InChI=1S/C29H44N2O5S/c1-7-8-11-22-26(34)18(2)10-9-14-29(6)24(36-29)15-20(12-13-21-17-37-19(3)30-21)31-25(33)16-23(32)28(4,5)27(22)35/h7,12-13,17-18,20,22-24,26,32,34H,1,8-11,14-16H2,2-6H3,(H,31,33)/t18-,20+,22+,23-,24?,26+,29?/m0/s1. The van der Waals surface area contributed by atoms with Gasteiger partial charge in [-0.05, 0) is 51.5 Å². The molecule has 0 saturated carbocycles. The van der Waals surface area contributed by atoms with Crippen molar-refractivity contribution in [2.45, 2.75) is 110 Å². The van der Waals surface area contributed by atoms with Crippen molar-refractivity contribution in [1.82, 2.24) is 10.3 Å². The number of amides is 1. The first-order valence-corrected chi connectivity index (χ1v) is 14.3. The lowest BCUT2D eigenvalue weighted by Crippen LogP contribution is -2.48. The molecular formula is C29H44N2O5S. The van der Waals surface area contributed by atoms with Gasteiger partial charge < -0.3 is 20.3 Å². The van der Waals surface area contributed by atoms with Gasteiger partial charge in [-0.25, -0.2) is 4.98 Å². The number of aromatic nitrogens is 1. The molecule has 7 atom stereocenters. The van der Waals surface area contributed by atoms with Crippen LogP contribution >= 0.6 is 11.3 Å². The summed E-state index contributed by atoms with van der Waals surface area (Å²) >= 11 is 1.57. The number of carbonyl (C=O) groups is 2. The van der Waals surface area contributed by atoms with Crippen molar-refractivity contribution >= 4 is 29.1 Å². The molecule has 0 aromatic carbocycles. The van der Waals surface area contributed by atoms with Gasteiger partial charge in [0.1, 0.15) is 5.78 Å². The number of aryl methyl sites for hydroxylation is 1. The van der Waals surface area contributed by atoms with Gasteiger partial charge in [0.25, 0.3) is 0 Å². The Morgan fingerprint density at radius 2 is 2.03 bits per heavy atom. The number of ether oxygens (including phenoxy) is 1. The molecule has 37 heavy (non-hydrogen) atoms. The van der Waals surface area contributed by atoms with Gasteiger partial charge in [-0.3, -0.25) is 9.59 Å². The fourth-order valence-electron chi connectivity index (χ4n) is 5.33. The monoisotopic (exact) mass is 532 g/mol. The number of carbonyl (C=O) groups excluding carboxylic acids is 2. The molecule has 2 saturated heterocycles. The maximum atomic E-state index is 13.7. The fraction of sp³-hybridized carbons (Fsp3) is 0.690. The van der Waals surface area contributed by atoms with Gasteiger partial charge in [0.2, 0.25) is 5.91 Å². The van der Waals surface area contributed by atoms with Crippen LogP contribution in [0.15, 0.2) is 24.1 Å². The largest absolute Gasteiger partial charge is 0.392 e. The number of hydrogen-bond donors (Lipinski definition) is 3. The van der Waals surface area contributed by atoms with Crippen molar-refractivity contribution < 1.29 is 24.5 Å². The highest BCUT2D eigenvalue weighted by Crippen LogP contribution is 2.44. The number of nitrogens with one attached hydrogen (secondary N) is 1. The molecule has 0 bridgehead atoms. The normalized spacial score (nSPS) is 35.6. The van der Waals surface area contributed by atoms with E-state index < -0.39 is 23.5 Å². The number of aliphatic hydroxyl groups is 2. The molecular weight excluding hydrogens is 488 g/mol. The van der Waals surface area contributed by atoms with Crippen LogP contribution in [0.5, 0.6) is 0 Å². The highest BCUT2D eigenvalue weighted by Gasteiger charge is 2.52. The van der Waals surface area contributed by atoms with Crippen LogP contribution in [0.3, 0.4) is 0 Å². The molecule has 3 heterocycles. The Bertz CT molecular complexity index is 989. The zero-order chi connectivity index (χ0) is 27.4. The number of rotatable bonds is 5. The second-order valence-corrected chi connectivity index (χ2v) is 12.7. The SMILES string of the molecule is C=CCC[C@H]1C(=O)C(C)(C)[C@@H](O)CC(=O)N[C@H](C=Cc2csc(C)n2)CC2OC2(C)CCC[C@H](C)[C@H]1O. The molecule has 2 unspecified atom stereocenters. The number of ketones is 1. The quantitative estimate of drug-likeness (QED) is 0.377. The summed E-state index contributed by atoms with van der Waals surface area (Å²) in [5.41, 5.74) is -0.619. The molecule has 7 nitrogen and oxygen atoms in total. The Hall–Kier alpha value is -1.87. The van der Waals surface area contributed by atoms with Crippen molar-refractivity contribution in [3.63, 3.8) is 0 Å². The molecule has 2 aliphatic rings. The van der Waals surface area contributed by atoms with Crippen LogP contribution in [0, 0.1) is 24.2 Å². The van der Waals surface area contributed by atoms with Gasteiger partial charge in [0.05, 0.1) is 52.5 Å². The predicted molar refractivity (Wildman–Crippen MR) is 147 cm³/mol. The van der Waals surface area contributed by atoms with Crippen LogP contribution in [0.4, 0.5) is 0 Å². The number of allylic oxidation sites excluding steroid dienone is 1. The van der Waals surface area contributed by atoms with Crippen LogP contribution in [0.25, 0.3) is 6.08 Å². The molecule has 8 heteroatoms. The lowest BCUT2D eigenvalue weighted by atomic mass is 9.71. The minimum Gasteiger partial charge on any atom is -0.392 e. The summed E-state index contributed by atoms with van der Waals surface area (Å²) in [6, 6.07) is -0.290. The van der Waals surface area contributed by atoms with Gasteiger partial charge in [-0.15, -0.1) is 17.9 Å². The van der Waals surface area contributed by atoms with E-state index in [1.54, 1.807) is 31.3 Å². The molecule has 2 aliphatic heterocycles. The third kappa shape index (κ3) is 7.59. The average molecular weight is 533 g/mol. The molecule has 206 valence electrons. The summed E-state index contributed by atoms with van der Waals surface area (Å²) < 4.78 is 6.08. The van der Waals surface area contributed by atoms with Crippen molar-refractivity contribution in [2.75, 3.05) is 0 Å². The van der Waals surface area contributed by atoms with Gasteiger partial charge in [0.15, 0.2) is 0 Å². The van der Waals surface area contributed by atoms with Crippen LogP contribution in [-0.2, 0) is 14.3 Å². The Morgan fingerprint density at radius 1 is 1.30 bits per heavy atom. The molecule has 3 rings (SSSR count). The Morgan fingerprint density at radius 3 is 2.68 bits per heavy atom. The number of aliphatic hydroxyl groups excluding tert-OH is 2. The number of hydrogen-bond acceptors (Lipinski definition) is 7. The summed E-state index contributed by atoms with van der Waals surface area (Å²) in [5.74, 6) is -1.26. The van der Waals surface area contributed by atoms with Gasteiger partial charge in [0, 0.05) is 17.7 Å². The Balaban J connectivity index is 1.84. The highest BCUT2D eigenvalue weighted by molar-refractivity contribution is 7.09. The summed E-state index contributed by atoms with van der Waals surface area (Å²) in [6.45, 7) is 13.1. The maximum Gasteiger partial charge on any atom is 0.223 e. The lowest BCUT2D eigenvalue weighted by molar-refractivity contribution is -0.144. The minimum atomic E-state index is -1.19. The van der Waals surface area contributed by atoms with Gasteiger partial charge in [-0.1, -0.05) is 39.3 Å². The Kier molecular flexibility index (Phi) is 9.89. The molecule has 0 spiro atoms. The molecule has 0 radical (unpaired) electrons. The number of nitrogens with zero attached hydrogens (tertiary/aromatic N) is 1. The van der Waals surface area contributed by atoms with E-state index >= 15 is 0 Å². The predicted octanol–water partition coefficient (Wildman–Crippen LogP) is 4.61. The second kappa shape index (κ2) is 12.3. The van der Waals surface area contributed by atoms with Crippen molar-refractivity contribution in [1.29, 1.82) is 0 Å². The third-order valence-electron chi connectivity index (χ3n) is 8.18. The smallest absolute Gasteiger partial charge is 0.223 e.